The van der Waals surface area contributed by atoms with Gasteiger partial charge in [0.25, 0.3) is 0 Å². The molecule has 0 unspecified atom stereocenters. The molecule has 1 heterocycles. The second-order valence-electron chi connectivity index (χ2n) is 13.3. The molecule has 0 radical (unpaired) electrons. The fraction of sp³-hybridized carbons (Fsp3) is 0.545. The van der Waals surface area contributed by atoms with E-state index in [1.54, 1.807) is 17.0 Å². The Balaban J connectivity index is 0.000000387. The minimum absolute atomic E-state index is 0.0338. The van der Waals surface area contributed by atoms with E-state index in [2.05, 4.69) is 15.4 Å². The number of nitrogens with zero attached hydrogens (tertiary/aromatic N) is 1. The number of piperidine rings is 1. The quantitative estimate of drug-likeness (QED) is 0.280. The number of aryl methyl sites for hydroxylation is 1. The minimum Gasteiger partial charge on any atom is -0.444 e. The van der Waals surface area contributed by atoms with Crippen LogP contribution in [0.3, 0.4) is 0 Å². The van der Waals surface area contributed by atoms with Crippen LogP contribution < -0.4 is 21.1 Å². The highest BCUT2D eigenvalue weighted by molar-refractivity contribution is 7.89. The van der Waals surface area contributed by atoms with E-state index in [0.717, 1.165) is 24.8 Å². The number of alkyl carbamates (subject to hydrolysis) is 2. The number of nitrogens with one attached hydrogen (secondary N) is 3. The van der Waals surface area contributed by atoms with E-state index in [1.165, 1.54) is 17.7 Å². The molecule has 0 aliphatic carbocycles. The number of benzene rings is 2. The summed E-state index contributed by atoms with van der Waals surface area (Å²) in [5, 5.41) is 5.47. The summed E-state index contributed by atoms with van der Waals surface area (Å²) in [6.07, 6.45) is 1.62. The highest BCUT2D eigenvalue weighted by atomic mass is 32.2. The van der Waals surface area contributed by atoms with Gasteiger partial charge in [-0.05, 0) is 97.4 Å². The number of amides is 3. The van der Waals surface area contributed by atoms with E-state index in [-0.39, 0.29) is 23.4 Å². The molecule has 256 valence electrons. The maximum absolute atomic E-state index is 12.4. The van der Waals surface area contributed by atoms with Crippen molar-refractivity contribution in [1.29, 1.82) is 0 Å². The molecule has 1 aliphatic heterocycles. The molecule has 5 N–H and O–H groups in total. The summed E-state index contributed by atoms with van der Waals surface area (Å²) < 4.78 is 37.3. The monoisotopic (exact) mass is 661 g/mol. The summed E-state index contributed by atoms with van der Waals surface area (Å²) in [5.74, 6) is 0.140. The molecule has 46 heavy (non-hydrogen) atoms. The predicted molar refractivity (Wildman–Crippen MR) is 178 cm³/mol. The second kappa shape index (κ2) is 17.2. The highest BCUT2D eigenvalue weighted by Crippen LogP contribution is 2.20. The fourth-order valence-corrected chi connectivity index (χ4v) is 5.54. The topological polar surface area (TPSA) is 169 Å². The van der Waals surface area contributed by atoms with E-state index < -0.39 is 27.3 Å². The van der Waals surface area contributed by atoms with Crippen LogP contribution >= 0.6 is 0 Å². The normalized spacial score (nSPS) is 14.0. The SMILES string of the molecule is CC(C)(C)OC(=O)NCCC1CCN(C(=O)CNS(=O)(=O)c2cccc(N)c2)CC1.Cc1cccc(CNC(=O)OC(C)(C)C)c1. The van der Waals surface area contributed by atoms with E-state index in [9.17, 15) is 22.8 Å². The maximum Gasteiger partial charge on any atom is 0.407 e. The molecule has 0 spiro atoms. The Hall–Kier alpha value is -3.84. The van der Waals surface area contributed by atoms with Crippen molar-refractivity contribution in [2.24, 2.45) is 5.92 Å². The molecule has 3 amide bonds. The number of likely N-dealkylation sites (tertiary alicyclic amines) is 1. The Bertz CT molecular complexity index is 1410. The van der Waals surface area contributed by atoms with E-state index >= 15 is 0 Å². The Morgan fingerprint density at radius 1 is 0.891 bits per heavy atom. The third kappa shape index (κ3) is 15.4. The van der Waals surface area contributed by atoms with Crippen molar-refractivity contribution in [3.05, 3.63) is 59.7 Å². The van der Waals surface area contributed by atoms with Gasteiger partial charge in [-0.1, -0.05) is 35.9 Å². The average Bonchev–Trinajstić information content (AvgIpc) is 2.94. The number of ether oxygens (including phenoxy) is 2. The van der Waals surface area contributed by atoms with Gasteiger partial charge in [0.05, 0.1) is 11.4 Å². The third-order valence-corrected chi connectivity index (χ3v) is 8.09. The number of hydrogen-bond acceptors (Lipinski definition) is 8. The van der Waals surface area contributed by atoms with Crippen LogP contribution in [0.2, 0.25) is 0 Å². The summed E-state index contributed by atoms with van der Waals surface area (Å²) in [6, 6.07) is 13.9. The van der Waals surface area contributed by atoms with E-state index in [0.29, 0.717) is 37.8 Å². The number of carbonyl (C=O) groups excluding carboxylic acids is 3. The lowest BCUT2D eigenvalue weighted by Crippen LogP contribution is -2.44. The van der Waals surface area contributed by atoms with Crippen molar-refractivity contribution in [1.82, 2.24) is 20.3 Å². The first-order chi connectivity index (χ1) is 21.3. The van der Waals surface area contributed by atoms with Crippen LogP contribution in [0.1, 0.15) is 71.9 Å². The molecule has 13 heteroatoms. The zero-order valence-electron chi connectivity index (χ0n) is 28.1. The molecule has 3 rings (SSSR count). The van der Waals surface area contributed by atoms with Gasteiger partial charge < -0.3 is 30.7 Å². The van der Waals surface area contributed by atoms with Crippen LogP contribution in [0.25, 0.3) is 0 Å². The van der Waals surface area contributed by atoms with E-state index in [4.69, 9.17) is 15.2 Å². The van der Waals surface area contributed by atoms with Gasteiger partial charge in [-0.3, -0.25) is 4.79 Å². The molecular formula is C33H51N5O7S. The summed E-state index contributed by atoms with van der Waals surface area (Å²) in [5.41, 5.74) is 7.25. The summed E-state index contributed by atoms with van der Waals surface area (Å²) in [7, 11) is -3.79. The molecule has 2 aromatic rings. The Labute approximate surface area is 273 Å². The first-order valence-corrected chi connectivity index (χ1v) is 16.9. The number of carbonyl (C=O) groups is 3. The number of rotatable bonds is 9. The first-order valence-electron chi connectivity index (χ1n) is 15.5. The standard InChI is InChI=1S/C20H32N4O5S.C13H19NO2/c1-20(2,3)29-19(26)22-10-7-15-8-11-24(12-9-15)18(25)14-23-30(27,28)17-6-4-5-16(21)13-17;1-10-6-5-7-11(8-10)9-14-12(15)16-13(2,3)4/h4-6,13,15,23H,7-12,14,21H2,1-3H3,(H,22,26);5-8H,9H2,1-4H3,(H,14,15). The van der Waals surface area contributed by atoms with Crippen LogP contribution in [0.15, 0.2) is 53.4 Å². The van der Waals surface area contributed by atoms with Crippen molar-refractivity contribution in [2.75, 3.05) is 31.9 Å². The van der Waals surface area contributed by atoms with Crippen molar-refractivity contribution >= 4 is 33.8 Å². The smallest absolute Gasteiger partial charge is 0.407 e. The Morgan fingerprint density at radius 2 is 1.48 bits per heavy atom. The van der Waals surface area contributed by atoms with Crippen LogP contribution in [-0.4, -0.2) is 68.8 Å². The maximum atomic E-state index is 12.4. The fourth-order valence-electron chi connectivity index (χ4n) is 4.51. The van der Waals surface area contributed by atoms with Crippen LogP contribution in [0.4, 0.5) is 15.3 Å². The summed E-state index contributed by atoms with van der Waals surface area (Å²) in [6.45, 7) is 14.9. The van der Waals surface area contributed by atoms with Gasteiger partial charge in [-0.15, -0.1) is 0 Å². The second-order valence-corrected chi connectivity index (χ2v) is 15.0. The predicted octanol–water partition coefficient (Wildman–Crippen LogP) is 4.72. The van der Waals surface area contributed by atoms with E-state index in [1.807, 2.05) is 72.7 Å². The zero-order valence-corrected chi connectivity index (χ0v) is 29.0. The molecule has 2 aromatic carbocycles. The van der Waals surface area contributed by atoms with Crippen LogP contribution in [0, 0.1) is 12.8 Å². The summed E-state index contributed by atoms with van der Waals surface area (Å²) in [4.78, 5) is 37.1. The lowest BCUT2D eigenvalue weighted by atomic mass is 9.93. The van der Waals surface area contributed by atoms with Gasteiger partial charge in [-0.2, -0.15) is 0 Å². The van der Waals surface area contributed by atoms with Crippen molar-refractivity contribution in [3.8, 4) is 0 Å². The highest BCUT2D eigenvalue weighted by Gasteiger charge is 2.25. The molecule has 1 fully saturated rings. The molecule has 0 atom stereocenters. The number of nitrogens with two attached hydrogens (primary N) is 1. The van der Waals surface area contributed by atoms with Crippen LogP contribution in [0.5, 0.6) is 0 Å². The van der Waals surface area contributed by atoms with Crippen molar-refractivity contribution in [2.45, 2.75) is 90.4 Å². The average molecular weight is 662 g/mol. The minimum atomic E-state index is -3.79. The number of nitrogen functional groups attached to an aromatic ring is 1. The number of anilines is 1. The summed E-state index contributed by atoms with van der Waals surface area (Å²) >= 11 is 0. The molecular weight excluding hydrogens is 610 g/mol. The lowest BCUT2D eigenvalue weighted by molar-refractivity contribution is -0.131. The first kappa shape index (κ1) is 38.3. The van der Waals surface area contributed by atoms with Crippen LogP contribution in [-0.2, 0) is 30.8 Å². The molecule has 0 aromatic heterocycles. The molecule has 0 bridgehead atoms. The number of hydrogen-bond donors (Lipinski definition) is 4. The van der Waals surface area contributed by atoms with Gasteiger partial charge >= 0.3 is 12.2 Å². The largest absolute Gasteiger partial charge is 0.444 e. The van der Waals surface area contributed by atoms with Gasteiger partial charge in [0.1, 0.15) is 11.2 Å². The third-order valence-electron chi connectivity index (χ3n) is 6.69. The zero-order chi connectivity index (χ0) is 34.5. The van der Waals surface area contributed by atoms with Gasteiger partial charge in [-0.25, -0.2) is 22.7 Å². The van der Waals surface area contributed by atoms with Crippen molar-refractivity contribution < 1.29 is 32.3 Å². The van der Waals surface area contributed by atoms with Gasteiger partial charge in [0, 0.05) is 31.9 Å². The van der Waals surface area contributed by atoms with Crippen molar-refractivity contribution in [3.63, 3.8) is 0 Å². The number of sulfonamides is 1. The lowest BCUT2D eigenvalue weighted by Gasteiger charge is -2.32. The Morgan fingerprint density at radius 3 is 2.04 bits per heavy atom. The molecule has 0 saturated carbocycles. The molecule has 1 saturated heterocycles. The van der Waals surface area contributed by atoms with Gasteiger partial charge in [0.15, 0.2) is 0 Å². The Kier molecular flexibility index (Phi) is 14.3. The van der Waals surface area contributed by atoms with Gasteiger partial charge in [0.2, 0.25) is 15.9 Å². The molecule has 12 nitrogen and oxygen atoms in total. The molecule has 1 aliphatic rings.